The molecule has 1 aromatic heterocycles. The minimum atomic E-state index is 0.677. The maximum absolute atomic E-state index is 5.39. The lowest BCUT2D eigenvalue weighted by Crippen LogP contribution is -2.06. The van der Waals surface area contributed by atoms with Gasteiger partial charge in [-0.3, -0.25) is 4.68 Å². The molecule has 0 saturated heterocycles. The van der Waals surface area contributed by atoms with E-state index < -0.39 is 0 Å². The molecule has 3 rings (SSSR count). The maximum atomic E-state index is 5.39. The van der Waals surface area contributed by atoms with Gasteiger partial charge in [0, 0.05) is 12.7 Å². The largest absolute Gasteiger partial charge is 0.378 e. The number of benzene rings is 1. The lowest BCUT2D eigenvalue weighted by atomic mass is 10.1. The summed E-state index contributed by atoms with van der Waals surface area (Å²) in [4.78, 5) is 4.17. The van der Waals surface area contributed by atoms with Crippen LogP contribution in [0.3, 0.4) is 0 Å². The van der Waals surface area contributed by atoms with Crippen molar-refractivity contribution in [3.63, 3.8) is 0 Å². The van der Waals surface area contributed by atoms with Gasteiger partial charge in [-0.05, 0) is 23.3 Å². The highest BCUT2D eigenvalue weighted by atomic mass is 16.5. The Hall–Kier alpha value is -1.88. The van der Waals surface area contributed by atoms with Gasteiger partial charge in [0.25, 0.3) is 0 Å². The number of aryl methyl sites for hydroxylation is 1. The number of hydrogen-bond acceptors (Lipinski definition) is 4. The van der Waals surface area contributed by atoms with E-state index in [1.165, 1.54) is 11.1 Å². The summed E-state index contributed by atoms with van der Waals surface area (Å²) in [5.41, 5.74) is 3.65. The molecule has 0 atom stereocenters. The molecule has 0 bridgehead atoms. The van der Waals surface area contributed by atoms with Crippen molar-refractivity contribution in [2.75, 3.05) is 5.32 Å². The molecule has 0 aliphatic carbocycles. The fourth-order valence-electron chi connectivity index (χ4n) is 1.94. The average Bonchev–Trinajstić information content (AvgIpc) is 2.94. The quantitative estimate of drug-likeness (QED) is 0.867. The molecule has 0 fully saturated rings. The van der Waals surface area contributed by atoms with Crippen molar-refractivity contribution in [1.29, 1.82) is 0 Å². The minimum absolute atomic E-state index is 0.677. The first kappa shape index (κ1) is 10.3. The summed E-state index contributed by atoms with van der Waals surface area (Å²) < 4.78 is 7.15. The predicted octanol–water partition coefficient (Wildman–Crippen LogP) is 1.46. The second kappa shape index (κ2) is 4.18. The monoisotopic (exact) mass is 230 g/mol. The van der Waals surface area contributed by atoms with Crippen LogP contribution in [0.5, 0.6) is 0 Å². The van der Waals surface area contributed by atoms with E-state index in [9.17, 15) is 0 Å². The van der Waals surface area contributed by atoms with Crippen molar-refractivity contribution >= 4 is 5.69 Å². The Morgan fingerprint density at radius 1 is 1.35 bits per heavy atom. The molecule has 0 spiro atoms. The van der Waals surface area contributed by atoms with Crippen molar-refractivity contribution in [1.82, 2.24) is 14.8 Å². The van der Waals surface area contributed by atoms with E-state index in [-0.39, 0.29) is 0 Å². The topological polar surface area (TPSA) is 52.0 Å². The summed E-state index contributed by atoms with van der Waals surface area (Å²) >= 11 is 0. The van der Waals surface area contributed by atoms with Gasteiger partial charge < -0.3 is 10.1 Å². The first-order valence-electron chi connectivity index (χ1n) is 5.59. The molecule has 2 heterocycles. The highest BCUT2D eigenvalue weighted by Gasteiger charge is 2.11. The summed E-state index contributed by atoms with van der Waals surface area (Å²) in [5, 5.41) is 7.37. The molecule has 5 nitrogen and oxygen atoms in total. The molecule has 0 unspecified atom stereocenters. The third kappa shape index (κ3) is 2.01. The molecular formula is C12H14N4O. The summed E-state index contributed by atoms with van der Waals surface area (Å²) in [7, 11) is 1.89. The Balaban J connectivity index is 1.72. The van der Waals surface area contributed by atoms with E-state index in [0.29, 0.717) is 6.54 Å². The number of anilines is 1. The fourth-order valence-corrected chi connectivity index (χ4v) is 1.94. The van der Waals surface area contributed by atoms with Crippen molar-refractivity contribution in [2.24, 2.45) is 7.05 Å². The molecule has 0 saturated carbocycles. The Bertz CT molecular complexity index is 535. The van der Waals surface area contributed by atoms with Crippen LogP contribution in [0, 0.1) is 0 Å². The Kier molecular flexibility index (Phi) is 2.53. The number of rotatable bonds is 3. The second-order valence-electron chi connectivity index (χ2n) is 4.13. The van der Waals surface area contributed by atoms with E-state index in [4.69, 9.17) is 4.74 Å². The highest BCUT2D eigenvalue weighted by Crippen LogP contribution is 2.23. The van der Waals surface area contributed by atoms with E-state index >= 15 is 0 Å². The van der Waals surface area contributed by atoms with Crippen molar-refractivity contribution in [3.05, 3.63) is 41.5 Å². The van der Waals surface area contributed by atoms with E-state index in [2.05, 4.69) is 33.6 Å². The van der Waals surface area contributed by atoms with E-state index in [0.717, 1.165) is 24.7 Å². The third-order valence-corrected chi connectivity index (χ3v) is 2.98. The van der Waals surface area contributed by atoms with Crippen molar-refractivity contribution in [2.45, 2.75) is 19.8 Å². The van der Waals surface area contributed by atoms with E-state index in [1.807, 2.05) is 7.05 Å². The number of nitrogens with zero attached hydrogens (tertiary/aromatic N) is 3. The zero-order chi connectivity index (χ0) is 11.7. The van der Waals surface area contributed by atoms with Gasteiger partial charge in [-0.2, -0.15) is 5.10 Å². The first-order valence-corrected chi connectivity index (χ1v) is 5.59. The molecule has 88 valence electrons. The molecule has 2 aromatic rings. The van der Waals surface area contributed by atoms with Gasteiger partial charge in [-0.15, -0.1) is 0 Å². The van der Waals surface area contributed by atoms with Crippen LogP contribution in [-0.2, 0) is 31.5 Å². The Morgan fingerprint density at radius 3 is 3.06 bits per heavy atom. The van der Waals surface area contributed by atoms with Crippen molar-refractivity contribution in [3.8, 4) is 0 Å². The third-order valence-electron chi connectivity index (χ3n) is 2.98. The number of aromatic nitrogens is 3. The minimum Gasteiger partial charge on any atom is -0.378 e. The molecular weight excluding hydrogens is 216 g/mol. The number of nitrogens with one attached hydrogen (secondary N) is 1. The molecule has 1 aromatic carbocycles. The molecule has 1 N–H and O–H groups in total. The zero-order valence-corrected chi connectivity index (χ0v) is 9.68. The van der Waals surface area contributed by atoms with Crippen LogP contribution in [0.25, 0.3) is 0 Å². The van der Waals surface area contributed by atoms with Crippen LogP contribution in [0.1, 0.15) is 17.0 Å². The lowest BCUT2D eigenvalue weighted by Gasteiger charge is -2.07. The molecule has 0 radical (unpaired) electrons. The van der Waals surface area contributed by atoms with Gasteiger partial charge in [0.2, 0.25) is 0 Å². The van der Waals surface area contributed by atoms with Gasteiger partial charge in [0.15, 0.2) is 0 Å². The standard InChI is InChI=1S/C12H14N4O/c1-16-12(14-8-15-16)5-13-11-3-2-9-6-17-7-10(9)4-11/h2-4,8,13H,5-7H2,1H3. The molecule has 1 aliphatic rings. The molecule has 17 heavy (non-hydrogen) atoms. The predicted molar refractivity (Wildman–Crippen MR) is 63.3 cm³/mol. The maximum Gasteiger partial charge on any atom is 0.145 e. The highest BCUT2D eigenvalue weighted by molar-refractivity contribution is 5.49. The Labute approximate surface area is 99.4 Å². The summed E-state index contributed by atoms with van der Waals surface area (Å²) in [6.07, 6.45) is 1.56. The van der Waals surface area contributed by atoms with Crippen LogP contribution < -0.4 is 5.32 Å². The average molecular weight is 230 g/mol. The van der Waals surface area contributed by atoms with Crippen LogP contribution >= 0.6 is 0 Å². The van der Waals surface area contributed by atoms with Gasteiger partial charge in [-0.25, -0.2) is 4.98 Å². The number of ether oxygens (including phenoxy) is 1. The summed E-state index contributed by atoms with van der Waals surface area (Å²) in [6, 6.07) is 6.32. The normalized spacial score (nSPS) is 13.7. The first-order chi connectivity index (χ1) is 8.33. The smallest absolute Gasteiger partial charge is 0.145 e. The second-order valence-corrected chi connectivity index (χ2v) is 4.13. The Morgan fingerprint density at radius 2 is 2.24 bits per heavy atom. The van der Waals surface area contributed by atoms with Crippen LogP contribution in [0.15, 0.2) is 24.5 Å². The summed E-state index contributed by atoms with van der Waals surface area (Å²) in [5.74, 6) is 0.918. The molecule has 0 amide bonds. The zero-order valence-electron chi connectivity index (χ0n) is 9.68. The van der Waals surface area contributed by atoms with E-state index in [1.54, 1.807) is 11.0 Å². The SMILES string of the molecule is Cn1ncnc1CNc1ccc2c(c1)COC2. The van der Waals surface area contributed by atoms with Gasteiger partial charge >= 0.3 is 0 Å². The van der Waals surface area contributed by atoms with Crippen LogP contribution in [0.4, 0.5) is 5.69 Å². The van der Waals surface area contributed by atoms with Crippen LogP contribution in [-0.4, -0.2) is 14.8 Å². The van der Waals surface area contributed by atoms with Gasteiger partial charge in [0.05, 0.1) is 19.8 Å². The number of fused-ring (bicyclic) bond motifs is 1. The summed E-state index contributed by atoms with van der Waals surface area (Å²) in [6.45, 7) is 2.13. The lowest BCUT2D eigenvalue weighted by molar-refractivity contribution is 0.134. The van der Waals surface area contributed by atoms with Crippen LogP contribution in [0.2, 0.25) is 0 Å². The van der Waals surface area contributed by atoms with Crippen molar-refractivity contribution < 1.29 is 4.74 Å². The molecule has 5 heteroatoms. The molecule has 1 aliphatic heterocycles. The van der Waals surface area contributed by atoms with Gasteiger partial charge in [-0.1, -0.05) is 6.07 Å². The fraction of sp³-hybridized carbons (Fsp3) is 0.333. The van der Waals surface area contributed by atoms with Gasteiger partial charge in [0.1, 0.15) is 12.2 Å². The number of hydrogen-bond donors (Lipinski definition) is 1.